The number of allylic oxidation sites excluding steroid dienone is 3. The summed E-state index contributed by atoms with van der Waals surface area (Å²) in [4.78, 5) is 0. The standard InChI is InChI=1S/C13H16/c1-4-11-8-7-9-13(10-11)12(5-2)6-3/h5-10H,2,4H2,1,3H3/b12-6+. The molecule has 0 radical (unpaired) electrons. The van der Waals surface area contributed by atoms with Crippen LogP contribution in [0.1, 0.15) is 25.0 Å². The quantitative estimate of drug-likeness (QED) is 0.608. The van der Waals surface area contributed by atoms with Gasteiger partial charge in [-0.1, -0.05) is 49.9 Å². The summed E-state index contributed by atoms with van der Waals surface area (Å²) in [5, 5.41) is 0. The highest BCUT2D eigenvalue weighted by Gasteiger charge is 1.96. The maximum absolute atomic E-state index is 3.80. The lowest BCUT2D eigenvalue weighted by Crippen LogP contribution is -1.84. The van der Waals surface area contributed by atoms with Crippen LogP contribution >= 0.6 is 0 Å². The highest BCUT2D eigenvalue weighted by molar-refractivity contribution is 5.73. The Morgan fingerprint density at radius 1 is 1.46 bits per heavy atom. The monoisotopic (exact) mass is 172 g/mol. The molecular formula is C13H16. The van der Waals surface area contributed by atoms with Crippen molar-refractivity contribution in [2.24, 2.45) is 0 Å². The van der Waals surface area contributed by atoms with Gasteiger partial charge in [-0.15, -0.1) is 0 Å². The largest absolute Gasteiger partial charge is 0.0985 e. The average molecular weight is 172 g/mol. The molecule has 0 nitrogen and oxygen atoms in total. The van der Waals surface area contributed by atoms with Gasteiger partial charge in [0.1, 0.15) is 0 Å². The molecule has 1 aromatic rings. The summed E-state index contributed by atoms with van der Waals surface area (Å²) in [5.41, 5.74) is 3.84. The van der Waals surface area contributed by atoms with Gasteiger partial charge >= 0.3 is 0 Å². The number of benzene rings is 1. The molecule has 0 spiro atoms. The molecular weight excluding hydrogens is 156 g/mol. The molecule has 0 heterocycles. The molecule has 0 N–H and O–H groups in total. The van der Waals surface area contributed by atoms with Gasteiger partial charge in [0.15, 0.2) is 0 Å². The van der Waals surface area contributed by atoms with E-state index < -0.39 is 0 Å². The highest BCUT2D eigenvalue weighted by Crippen LogP contribution is 2.16. The van der Waals surface area contributed by atoms with Gasteiger partial charge in [0, 0.05) is 0 Å². The summed E-state index contributed by atoms with van der Waals surface area (Å²) in [6.07, 6.45) is 5.07. The Labute approximate surface area is 80.6 Å². The van der Waals surface area contributed by atoms with Crippen molar-refractivity contribution in [3.63, 3.8) is 0 Å². The van der Waals surface area contributed by atoms with E-state index in [9.17, 15) is 0 Å². The topological polar surface area (TPSA) is 0 Å². The normalized spacial score (nSPS) is 11.4. The molecule has 0 fully saturated rings. The van der Waals surface area contributed by atoms with E-state index in [1.54, 1.807) is 0 Å². The molecule has 0 heteroatoms. The maximum atomic E-state index is 3.80. The summed E-state index contributed by atoms with van der Waals surface area (Å²) >= 11 is 0. The first-order valence-electron chi connectivity index (χ1n) is 4.69. The van der Waals surface area contributed by atoms with Gasteiger partial charge in [-0.05, 0) is 30.0 Å². The molecule has 0 bridgehead atoms. The average Bonchev–Trinajstić information content (AvgIpc) is 2.20. The second-order valence-electron chi connectivity index (χ2n) is 3.00. The van der Waals surface area contributed by atoms with E-state index in [2.05, 4.69) is 43.8 Å². The van der Waals surface area contributed by atoms with Crippen LogP contribution in [0.25, 0.3) is 5.57 Å². The molecule has 0 aromatic heterocycles. The zero-order chi connectivity index (χ0) is 9.68. The first kappa shape index (κ1) is 9.79. The zero-order valence-electron chi connectivity index (χ0n) is 8.38. The Morgan fingerprint density at radius 2 is 2.23 bits per heavy atom. The van der Waals surface area contributed by atoms with Gasteiger partial charge < -0.3 is 0 Å². The van der Waals surface area contributed by atoms with Crippen LogP contribution in [0.3, 0.4) is 0 Å². The highest BCUT2D eigenvalue weighted by atomic mass is 14.0. The van der Waals surface area contributed by atoms with Gasteiger partial charge in [0.2, 0.25) is 0 Å². The van der Waals surface area contributed by atoms with E-state index in [1.807, 2.05) is 13.0 Å². The van der Waals surface area contributed by atoms with E-state index in [0.29, 0.717) is 0 Å². The summed E-state index contributed by atoms with van der Waals surface area (Å²) in [6.45, 7) is 8.00. The Hall–Kier alpha value is -1.30. The molecule has 0 aliphatic rings. The predicted molar refractivity (Wildman–Crippen MR) is 59.7 cm³/mol. The van der Waals surface area contributed by atoms with Crippen LogP contribution in [0.15, 0.2) is 43.0 Å². The molecule has 0 atom stereocenters. The minimum Gasteiger partial charge on any atom is -0.0985 e. The van der Waals surface area contributed by atoms with Crippen LogP contribution in [0, 0.1) is 0 Å². The van der Waals surface area contributed by atoms with Crippen molar-refractivity contribution in [2.75, 3.05) is 0 Å². The van der Waals surface area contributed by atoms with Crippen molar-refractivity contribution in [1.82, 2.24) is 0 Å². The number of hydrogen-bond acceptors (Lipinski definition) is 0. The number of aryl methyl sites for hydroxylation is 1. The smallest absolute Gasteiger partial charge is 0.0185 e. The lowest BCUT2D eigenvalue weighted by molar-refractivity contribution is 1.14. The third-order valence-corrected chi connectivity index (χ3v) is 2.20. The van der Waals surface area contributed by atoms with E-state index in [4.69, 9.17) is 0 Å². The number of hydrogen-bond donors (Lipinski definition) is 0. The van der Waals surface area contributed by atoms with Crippen molar-refractivity contribution in [2.45, 2.75) is 20.3 Å². The Balaban J connectivity index is 3.07. The van der Waals surface area contributed by atoms with E-state index in [-0.39, 0.29) is 0 Å². The first-order valence-corrected chi connectivity index (χ1v) is 4.69. The fourth-order valence-corrected chi connectivity index (χ4v) is 1.37. The molecule has 0 saturated heterocycles. The van der Waals surface area contributed by atoms with Crippen LogP contribution in [-0.2, 0) is 6.42 Å². The fraction of sp³-hybridized carbons (Fsp3) is 0.231. The second kappa shape index (κ2) is 4.66. The van der Waals surface area contributed by atoms with Crippen LogP contribution in [0.5, 0.6) is 0 Å². The van der Waals surface area contributed by atoms with E-state index >= 15 is 0 Å². The van der Waals surface area contributed by atoms with E-state index in [0.717, 1.165) is 6.42 Å². The van der Waals surface area contributed by atoms with Crippen LogP contribution in [0.4, 0.5) is 0 Å². The van der Waals surface area contributed by atoms with Crippen molar-refractivity contribution < 1.29 is 0 Å². The van der Waals surface area contributed by atoms with Gasteiger partial charge in [-0.25, -0.2) is 0 Å². The molecule has 1 rings (SSSR count). The molecule has 0 aliphatic heterocycles. The van der Waals surface area contributed by atoms with Crippen molar-refractivity contribution in [3.05, 3.63) is 54.1 Å². The summed E-state index contributed by atoms with van der Waals surface area (Å²) in [6, 6.07) is 8.59. The lowest BCUT2D eigenvalue weighted by atomic mass is 10.0. The molecule has 0 aliphatic carbocycles. The van der Waals surface area contributed by atoms with Gasteiger partial charge in [-0.3, -0.25) is 0 Å². The maximum Gasteiger partial charge on any atom is -0.0185 e. The minimum absolute atomic E-state index is 1.09. The molecule has 1 aromatic carbocycles. The summed E-state index contributed by atoms with van der Waals surface area (Å²) < 4.78 is 0. The molecule has 68 valence electrons. The van der Waals surface area contributed by atoms with Crippen LogP contribution in [-0.4, -0.2) is 0 Å². The predicted octanol–water partition coefficient (Wildman–Crippen LogP) is 3.84. The Bertz CT molecular complexity index is 319. The number of rotatable bonds is 3. The van der Waals surface area contributed by atoms with Crippen molar-refractivity contribution >= 4 is 5.57 Å². The Kier molecular flexibility index (Phi) is 3.51. The molecule has 0 amide bonds. The van der Waals surface area contributed by atoms with Gasteiger partial charge in [-0.2, -0.15) is 0 Å². The van der Waals surface area contributed by atoms with Gasteiger partial charge in [0.05, 0.1) is 0 Å². The fourth-order valence-electron chi connectivity index (χ4n) is 1.37. The van der Waals surface area contributed by atoms with E-state index in [1.165, 1.54) is 16.7 Å². The van der Waals surface area contributed by atoms with Crippen molar-refractivity contribution in [1.29, 1.82) is 0 Å². The molecule has 0 unspecified atom stereocenters. The minimum atomic E-state index is 1.09. The van der Waals surface area contributed by atoms with Crippen molar-refractivity contribution in [3.8, 4) is 0 Å². The molecule has 0 saturated carbocycles. The second-order valence-corrected chi connectivity index (χ2v) is 3.00. The lowest BCUT2D eigenvalue weighted by Gasteiger charge is -2.03. The molecule has 13 heavy (non-hydrogen) atoms. The summed E-state index contributed by atoms with van der Waals surface area (Å²) in [5.74, 6) is 0. The van der Waals surface area contributed by atoms with Gasteiger partial charge in [0.25, 0.3) is 0 Å². The summed E-state index contributed by atoms with van der Waals surface area (Å²) in [7, 11) is 0. The first-order chi connectivity index (χ1) is 6.31. The van der Waals surface area contributed by atoms with Crippen LogP contribution in [0.2, 0.25) is 0 Å². The third kappa shape index (κ3) is 2.32. The zero-order valence-corrected chi connectivity index (χ0v) is 8.38. The third-order valence-electron chi connectivity index (χ3n) is 2.20. The Morgan fingerprint density at radius 3 is 2.77 bits per heavy atom. The SMILES string of the molecule is C=C/C(=C\C)c1cccc(CC)c1. The van der Waals surface area contributed by atoms with Crippen LogP contribution < -0.4 is 0 Å².